The number of amides is 1. The van der Waals surface area contributed by atoms with Gasteiger partial charge in [0.2, 0.25) is 5.91 Å². The number of esters is 1. The molecule has 1 aromatic rings. The maximum absolute atomic E-state index is 13.0. The number of benzene rings is 1. The number of carbonyl (C=O) groups is 3. The van der Waals surface area contributed by atoms with E-state index in [-0.39, 0.29) is 30.1 Å². The standard InChI is InChI=1S/C24H29NO4/c1-15-2-4-20(5-3-15)25-13-19(9-22(25)27)23(28)29-14-21(26)24-10-16-6-17(11-24)8-18(7-16)12-24/h2-5,16-19H,6-14H2,1H3/t16?,17?,18?,19-,24?/m1/s1. The lowest BCUT2D eigenvalue weighted by molar-refractivity contribution is -0.160. The first kappa shape index (κ1) is 18.8. The Labute approximate surface area is 171 Å². The van der Waals surface area contributed by atoms with Crippen LogP contribution < -0.4 is 4.90 Å². The van der Waals surface area contributed by atoms with Crippen LogP contribution in [0.3, 0.4) is 0 Å². The second kappa shape index (κ2) is 6.96. The van der Waals surface area contributed by atoms with Crippen molar-refractivity contribution in [3.8, 4) is 0 Å². The van der Waals surface area contributed by atoms with Gasteiger partial charge in [-0.2, -0.15) is 0 Å². The van der Waals surface area contributed by atoms with Gasteiger partial charge in [0.1, 0.15) is 0 Å². The van der Waals surface area contributed by atoms with E-state index in [4.69, 9.17) is 4.74 Å². The second-order valence-corrected chi connectivity index (χ2v) is 9.97. The Bertz CT molecular complexity index is 808. The lowest BCUT2D eigenvalue weighted by atomic mass is 9.48. The number of carbonyl (C=O) groups excluding carboxylic acids is 3. The molecule has 0 N–H and O–H groups in total. The van der Waals surface area contributed by atoms with Crippen LogP contribution in [0.25, 0.3) is 0 Å². The molecule has 0 aromatic heterocycles. The predicted molar refractivity (Wildman–Crippen MR) is 108 cm³/mol. The summed E-state index contributed by atoms with van der Waals surface area (Å²) in [5.41, 5.74) is 1.69. The van der Waals surface area contributed by atoms with Gasteiger partial charge in [0.05, 0.1) is 5.92 Å². The van der Waals surface area contributed by atoms with Crippen molar-refractivity contribution in [2.75, 3.05) is 18.1 Å². The van der Waals surface area contributed by atoms with Crippen LogP contribution in [-0.2, 0) is 19.1 Å². The zero-order chi connectivity index (χ0) is 20.2. The smallest absolute Gasteiger partial charge is 0.311 e. The molecule has 6 rings (SSSR count). The summed E-state index contributed by atoms with van der Waals surface area (Å²) < 4.78 is 5.46. The molecule has 1 aromatic carbocycles. The van der Waals surface area contributed by atoms with Crippen molar-refractivity contribution in [2.24, 2.45) is 29.1 Å². The van der Waals surface area contributed by atoms with Gasteiger partial charge in [-0.3, -0.25) is 14.4 Å². The van der Waals surface area contributed by atoms with Crippen LogP contribution in [0.2, 0.25) is 0 Å². The first-order chi connectivity index (χ1) is 13.9. The largest absolute Gasteiger partial charge is 0.457 e. The summed E-state index contributed by atoms with van der Waals surface area (Å²) in [6.07, 6.45) is 6.95. The van der Waals surface area contributed by atoms with Gasteiger partial charge >= 0.3 is 5.97 Å². The van der Waals surface area contributed by atoms with Gasteiger partial charge in [0, 0.05) is 24.1 Å². The van der Waals surface area contributed by atoms with Gasteiger partial charge in [0.25, 0.3) is 0 Å². The van der Waals surface area contributed by atoms with Crippen LogP contribution >= 0.6 is 0 Å². The molecule has 5 aliphatic rings. The average molecular weight is 395 g/mol. The van der Waals surface area contributed by atoms with E-state index in [0.717, 1.165) is 30.5 Å². The number of hydrogen-bond acceptors (Lipinski definition) is 4. The van der Waals surface area contributed by atoms with Crippen molar-refractivity contribution in [1.82, 2.24) is 0 Å². The molecule has 5 heteroatoms. The highest BCUT2D eigenvalue weighted by Crippen LogP contribution is 2.60. The topological polar surface area (TPSA) is 63.7 Å². The third kappa shape index (κ3) is 3.38. The maximum Gasteiger partial charge on any atom is 0.311 e. The van der Waals surface area contributed by atoms with E-state index in [1.807, 2.05) is 31.2 Å². The number of rotatable bonds is 5. The van der Waals surface area contributed by atoms with Gasteiger partial charge in [0.15, 0.2) is 12.4 Å². The quantitative estimate of drug-likeness (QED) is 0.714. The monoisotopic (exact) mass is 395 g/mol. The molecule has 154 valence electrons. The van der Waals surface area contributed by atoms with E-state index in [2.05, 4.69) is 0 Å². The number of ketones is 1. The molecular formula is C24H29NO4. The molecule has 1 aliphatic heterocycles. The number of Topliss-reactive ketones (excluding diaryl/α,β-unsaturated/α-hetero) is 1. The number of nitrogens with zero attached hydrogens (tertiary/aromatic N) is 1. The minimum atomic E-state index is -0.493. The number of anilines is 1. The van der Waals surface area contributed by atoms with Gasteiger partial charge in [-0.15, -0.1) is 0 Å². The van der Waals surface area contributed by atoms with Gasteiger partial charge < -0.3 is 9.64 Å². The van der Waals surface area contributed by atoms with Crippen molar-refractivity contribution in [3.63, 3.8) is 0 Å². The third-order valence-electron chi connectivity index (χ3n) is 7.78. The third-order valence-corrected chi connectivity index (χ3v) is 7.78. The molecule has 0 spiro atoms. The molecule has 1 amide bonds. The van der Waals surface area contributed by atoms with Crippen LogP contribution in [0.5, 0.6) is 0 Å². The zero-order valence-corrected chi connectivity index (χ0v) is 17.1. The predicted octanol–water partition coefficient (Wildman–Crippen LogP) is 3.68. The van der Waals surface area contributed by atoms with E-state index >= 15 is 0 Å². The summed E-state index contributed by atoms with van der Waals surface area (Å²) >= 11 is 0. The van der Waals surface area contributed by atoms with Gasteiger partial charge in [-0.05, 0) is 75.3 Å². The Morgan fingerprint density at radius 1 is 1.03 bits per heavy atom. The summed E-state index contributed by atoms with van der Waals surface area (Å²) in [4.78, 5) is 39.7. The lowest BCUT2D eigenvalue weighted by Crippen LogP contribution is -2.51. The van der Waals surface area contributed by atoms with Crippen molar-refractivity contribution in [1.29, 1.82) is 0 Å². The number of ether oxygens (including phenoxy) is 1. The highest BCUT2D eigenvalue weighted by Gasteiger charge is 2.54. The molecule has 1 atom stereocenters. The molecule has 4 saturated carbocycles. The Kier molecular flexibility index (Phi) is 4.52. The highest BCUT2D eigenvalue weighted by molar-refractivity contribution is 5.99. The Hall–Kier alpha value is -2.17. The molecule has 1 saturated heterocycles. The first-order valence-electron chi connectivity index (χ1n) is 11.0. The molecule has 4 bridgehead atoms. The molecular weight excluding hydrogens is 366 g/mol. The number of hydrogen-bond donors (Lipinski definition) is 0. The van der Waals surface area contributed by atoms with Crippen LogP contribution in [0, 0.1) is 36.0 Å². The van der Waals surface area contributed by atoms with Crippen LogP contribution in [0.1, 0.15) is 50.5 Å². The minimum Gasteiger partial charge on any atom is -0.457 e. The molecule has 0 unspecified atom stereocenters. The summed E-state index contributed by atoms with van der Waals surface area (Å²) in [5, 5.41) is 0. The van der Waals surface area contributed by atoms with Crippen LogP contribution in [0.4, 0.5) is 5.69 Å². The van der Waals surface area contributed by atoms with E-state index in [1.54, 1.807) is 4.90 Å². The molecule has 5 nitrogen and oxygen atoms in total. The fraction of sp³-hybridized carbons (Fsp3) is 0.625. The molecule has 1 heterocycles. The summed E-state index contributed by atoms with van der Waals surface area (Å²) in [6, 6.07) is 7.71. The molecule has 5 fully saturated rings. The van der Waals surface area contributed by atoms with Crippen molar-refractivity contribution in [2.45, 2.75) is 51.9 Å². The van der Waals surface area contributed by atoms with Gasteiger partial charge in [-0.25, -0.2) is 0 Å². The Balaban J connectivity index is 1.19. The average Bonchev–Trinajstić information content (AvgIpc) is 3.07. The number of aryl methyl sites for hydroxylation is 1. The molecule has 29 heavy (non-hydrogen) atoms. The lowest BCUT2D eigenvalue weighted by Gasteiger charge is -2.55. The SMILES string of the molecule is Cc1ccc(N2C[C@H](C(=O)OCC(=O)C34CC5CC(CC(C5)C3)C4)CC2=O)cc1. The van der Waals surface area contributed by atoms with Crippen molar-refractivity contribution in [3.05, 3.63) is 29.8 Å². The fourth-order valence-electron chi connectivity index (χ4n) is 6.70. The Morgan fingerprint density at radius 3 is 2.21 bits per heavy atom. The second-order valence-electron chi connectivity index (χ2n) is 9.97. The van der Waals surface area contributed by atoms with E-state index < -0.39 is 11.9 Å². The summed E-state index contributed by atoms with van der Waals surface area (Å²) in [5.74, 6) is 1.22. The normalized spacial score (nSPS) is 35.2. The highest BCUT2D eigenvalue weighted by atomic mass is 16.5. The van der Waals surface area contributed by atoms with Crippen LogP contribution in [0.15, 0.2) is 24.3 Å². The molecule has 0 radical (unpaired) electrons. The van der Waals surface area contributed by atoms with Crippen LogP contribution in [-0.4, -0.2) is 30.8 Å². The molecule has 4 aliphatic carbocycles. The van der Waals surface area contributed by atoms with Gasteiger partial charge in [-0.1, -0.05) is 17.7 Å². The van der Waals surface area contributed by atoms with E-state index in [0.29, 0.717) is 24.3 Å². The summed E-state index contributed by atoms with van der Waals surface area (Å²) in [7, 11) is 0. The van der Waals surface area contributed by atoms with Crippen molar-refractivity contribution >= 4 is 23.3 Å². The summed E-state index contributed by atoms with van der Waals surface area (Å²) in [6.45, 7) is 2.20. The van der Waals surface area contributed by atoms with E-state index in [9.17, 15) is 14.4 Å². The fourth-order valence-corrected chi connectivity index (χ4v) is 6.70. The maximum atomic E-state index is 13.0. The van der Waals surface area contributed by atoms with Crippen molar-refractivity contribution < 1.29 is 19.1 Å². The van der Waals surface area contributed by atoms with E-state index in [1.165, 1.54) is 19.3 Å². The Morgan fingerprint density at radius 2 is 1.62 bits per heavy atom. The zero-order valence-electron chi connectivity index (χ0n) is 17.1. The first-order valence-corrected chi connectivity index (χ1v) is 11.0. The minimum absolute atomic E-state index is 0.0665.